The zero-order valence-electron chi connectivity index (χ0n) is 16.6. The first-order chi connectivity index (χ1) is 14.2. The molecule has 3 rings (SSSR count). The van der Waals surface area contributed by atoms with Crippen molar-refractivity contribution in [3.8, 4) is 0 Å². The zero-order valence-corrected chi connectivity index (χ0v) is 17.5. The van der Waals surface area contributed by atoms with Gasteiger partial charge in [-0.1, -0.05) is 103 Å². The van der Waals surface area contributed by atoms with E-state index in [1.807, 2.05) is 103 Å². The highest BCUT2D eigenvalue weighted by Gasteiger charge is 2.34. The molecule has 150 valence electrons. The lowest BCUT2D eigenvalue weighted by Gasteiger charge is -2.28. The third-order valence-corrected chi connectivity index (χ3v) is 6.74. The second-order valence-electron chi connectivity index (χ2n) is 6.54. The Hall–Kier alpha value is -2.49. The fraction of sp³-hybridized carbons (Fsp3) is 0.167. The van der Waals surface area contributed by atoms with Crippen molar-refractivity contribution in [3.63, 3.8) is 0 Å². The molecule has 0 saturated carbocycles. The molecule has 5 heteroatoms. The quantitative estimate of drug-likeness (QED) is 0.449. The molecule has 0 radical (unpaired) electrons. The van der Waals surface area contributed by atoms with Crippen LogP contribution in [-0.4, -0.2) is 20.0 Å². The standard InChI is InChI=1S/C24H26NO3P/c1-27-29(26,28-2)23(19-18-20-12-6-3-7-13-20)25-24(21-14-8-4-9-15-21)22-16-10-5-11-17-22/h3-19,23-25H,1-2H3/b19-18+/t23-/m0/s1. The van der Waals surface area contributed by atoms with Crippen LogP contribution in [0.3, 0.4) is 0 Å². The van der Waals surface area contributed by atoms with E-state index in [-0.39, 0.29) is 6.04 Å². The number of benzene rings is 3. The summed E-state index contributed by atoms with van der Waals surface area (Å²) in [4.78, 5) is 0. The Balaban J connectivity index is 1.99. The van der Waals surface area contributed by atoms with E-state index < -0.39 is 13.4 Å². The van der Waals surface area contributed by atoms with Crippen LogP contribution in [0.15, 0.2) is 97.1 Å². The molecule has 1 N–H and O–H groups in total. The minimum absolute atomic E-state index is 0.179. The van der Waals surface area contributed by atoms with Crippen LogP contribution in [0, 0.1) is 0 Å². The number of rotatable bonds is 9. The second kappa shape index (κ2) is 10.3. The maximum Gasteiger partial charge on any atom is 0.350 e. The van der Waals surface area contributed by atoms with Gasteiger partial charge in [0, 0.05) is 14.2 Å². The molecule has 0 bridgehead atoms. The molecule has 0 aliphatic carbocycles. The van der Waals surface area contributed by atoms with Crippen molar-refractivity contribution in [1.82, 2.24) is 5.32 Å². The predicted octanol–water partition coefficient (Wildman–Crippen LogP) is 5.89. The van der Waals surface area contributed by atoms with Crippen LogP contribution in [0.2, 0.25) is 0 Å². The van der Waals surface area contributed by atoms with Crippen LogP contribution in [0.1, 0.15) is 22.7 Å². The van der Waals surface area contributed by atoms with E-state index in [1.165, 1.54) is 14.2 Å². The van der Waals surface area contributed by atoms with Crippen molar-refractivity contribution in [2.45, 2.75) is 11.8 Å². The molecule has 0 aromatic heterocycles. The summed E-state index contributed by atoms with van der Waals surface area (Å²) >= 11 is 0. The van der Waals surface area contributed by atoms with Crippen LogP contribution < -0.4 is 5.32 Å². The summed E-state index contributed by atoms with van der Waals surface area (Å²) in [6, 6.07) is 29.8. The highest BCUT2D eigenvalue weighted by atomic mass is 31.2. The smallest absolute Gasteiger partial charge is 0.311 e. The Morgan fingerprint density at radius 2 is 1.21 bits per heavy atom. The van der Waals surface area contributed by atoms with Gasteiger partial charge in [0.25, 0.3) is 0 Å². The van der Waals surface area contributed by atoms with Crippen molar-refractivity contribution < 1.29 is 13.6 Å². The van der Waals surface area contributed by atoms with Gasteiger partial charge in [-0.2, -0.15) is 0 Å². The molecular weight excluding hydrogens is 381 g/mol. The first kappa shape index (κ1) is 21.2. The van der Waals surface area contributed by atoms with Gasteiger partial charge in [-0.15, -0.1) is 0 Å². The Bertz CT molecular complexity index is 898. The highest BCUT2D eigenvalue weighted by molar-refractivity contribution is 7.54. The van der Waals surface area contributed by atoms with Gasteiger partial charge in [-0.25, -0.2) is 0 Å². The highest BCUT2D eigenvalue weighted by Crippen LogP contribution is 2.52. The molecule has 0 aliphatic rings. The Morgan fingerprint density at radius 3 is 1.66 bits per heavy atom. The molecule has 3 aromatic carbocycles. The molecule has 0 fully saturated rings. The molecule has 0 unspecified atom stereocenters. The SMILES string of the molecule is COP(=O)(OC)[C@@H](/C=C/c1ccccc1)NC(c1ccccc1)c1ccccc1. The largest absolute Gasteiger partial charge is 0.350 e. The lowest BCUT2D eigenvalue weighted by Crippen LogP contribution is -2.33. The van der Waals surface area contributed by atoms with Gasteiger partial charge in [0.1, 0.15) is 5.78 Å². The fourth-order valence-electron chi connectivity index (χ4n) is 3.17. The second-order valence-corrected chi connectivity index (χ2v) is 8.91. The molecule has 1 atom stereocenters. The Morgan fingerprint density at radius 1 is 0.759 bits per heavy atom. The molecule has 0 heterocycles. The van der Waals surface area contributed by atoms with E-state index >= 15 is 0 Å². The Labute approximate surface area is 172 Å². The van der Waals surface area contributed by atoms with Crippen molar-refractivity contribution in [2.24, 2.45) is 0 Å². The van der Waals surface area contributed by atoms with Crippen LogP contribution in [0.5, 0.6) is 0 Å². The van der Waals surface area contributed by atoms with Crippen molar-refractivity contribution in [2.75, 3.05) is 14.2 Å². The summed E-state index contributed by atoms with van der Waals surface area (Å²) in [6.07, 6.45) is 3.78. The predicted molar refractivity (Wildman–Crippen MR) is 119 cm³/mol. The van der Waals surface area contributed by atoms with Crippen molar-refractivity contribution >= 4 is 13.7 Å². The van der Waals surface area contributed by atoms with Crippen molar-refractivity contribution in [3.05, 3.63) is 114 Å². The third kappa shape index (κ3) is 5.53. The van der Waals surface area contributed by atoms with Crippen LogP contribution in [0.4, 0.5) is 0 Å². The normalized spacial score (nSPS) is 13.1. The number of hydrogen-bond acceptors (Lipinski definition) is 4. The molecule has 0 saturated heterocycles. The zero-order chi connectivity index (χ0) is 20.5. The summed E-state index contributed by atoms with van der Waals surface area (Å²) < 4.78 is 24.0. The van der Waals surface area contributed by atoms with Gasteiger partial charge in [0.05, 0.1) is 6.04 Å². The Kier molecular flexibility index (Phi) is 7.56. The summed E-state index contributed by atoms with van der Waals surface area (Å²) in [5.74, 6) is -0.636. The lowest BCUT2D eigenvalue weighted by molar-refractivity contribution is 0.263. The number of nitrogens with one attached hydrogen (secondary N) is 1. The first-order valence-corrected chi connectivity index (χ1v) is 11.1. The van der Waals surface area contributed by atoms with Crippen LogP contribution in [-0.2, 0) is 13.6 Å². The van der Waals surface area contributed by atoms with Gasteiger partial charge in [-0.3, -0.25) is 9.88 Å². The maximum atomic E-state index is 13.3. The molecular formula is C24H26NO3P. The minimum atomic E-state index is -3.42. The average molecular weight is 407 g/mol. The van der Waals surface area contributed by atoms with Crippen LogP contribution in [0.25, 0.3) is 6.08 Å². The van der Waals surface area contributed by atoms with E-state index in [1.54, 1.807) is 0 Å². The molecule has 29 heavy (non-hydrogen) atoms. The van der Waals surface area contributed by atoms with Crippen LogP contribution >= 0.6 is 7.60 Å². The molecule has 4 nitrogen and oxygen atoms in total. The molecule has 0 spiro atoms. The van der Waals surface area contributed by atoms with Crippen molar-refractivity contribution in [1.29, 1.82) is 0 Å². The van der Waals surface area contributed by atoms with E-state index in [2.05, 4.69) is 5.32 Å². The van der Waals surface area contributed by atoms with Gasteiger partial charge >= 0.3 is 7.60 Å². The first-order valence-electron chi connectivity index (χ1n) is 9.46. The summed E-state index contributed by atoms with van der Waals surface area (Å²) in [5.41, 5.74) is 3.14. The minimum Gasteiger partial charge on any atom is -0.311 e. The monoisotopic (exact) mass is 407 g/mol. The van der Waals surface area contributed by atoms with Gasteiger partial charge in [0.2, 0.25) is 0 Å². The molecule has 0 aliphatic heterocycles. The average Bonchev–Trinajstić information content (AvgIpc) is 2.80. The summed E-state index contributed by atoms with van der Waals surface area (Å²) in [5, 5.41) is 3.50. The summed E-state index contributed by atoms with van der Waals surface area (Å²) in [7, 11) is -0.597. The fourth-order valence-corrected chi connectivity index (χ4v) is 4.40. The van der Waals surface area contributed by atoms with E-state index in [9.17, 15) is 4.57 Å². The topological polar surface area (TPSA) is 47.6 Å². The van der Waals surface area contributed by atoms with Gasteiger partial charge < -0.3 is 9.05 Å². The maximum absolute atomic E-state index is 13.3. The molecule has 3 aromatic rings. The van der Waals surface area contributed by atoms with Gasteiger partial charge in [0.15, 0.2) is 0 Å². The number of hydrogen-bond donors (Lipinski definition) is 1. The van der Waals surface area contributed by atoms with E-state index in [4.69, 9.17) is 9.05 Å². The summed E-state index contributed by atoms with van der Waals surface area (Å²) in [6.45, 7) is 0. The third-order valence-electron chi connectivity index (χ3n) is 4.72. The lowest BCUT2D eigenvalue weighted by atomic mass is 9.99. The molecule has 0 amide bonds. The van der Waals surface area contributed by atoms with E-state index in [0.29, 0.717) is 0 Å². The van der Waals surface area contributed by atoms with Gasteiger partial charge in [-0.05, 0) is 16.7 Å². The van der Waals surface area contributed by atoms with E-state index in [0.717, 1.165) is 16.7 Å².